The number of fused-ring (bicyclic) bond motifs is 3. The Bertz CT molecular complexity index is 1230. The van der Waals surface area contributed by atoms with Crippen molar-refractivity contribution in [1.82, 2.24) is 4.90 Å². The van der Waals surface area contributed by atoms with Gasteiger partial charge in [0.1, 0.15) is 17.2 Å². The highest BCUT2D eigenvalue weighted by molar-refractivity contribution is 6.07. The van der Waals surface area contributed by atoms with E-state index < -0.39 is 6.04 Å². The van der Waals surface area contributed by atoms with Crippen LogP contribution in [0.3, 0.4) is 0 Å². The van der Waals surface area contributed by atoms with Gasteiger partial charge in [-0.2, -0.15) is 0 Å². The number of carbonyl (C=O) groups excluding carboxylic acids is 2. The fourth-order valence-electron chi connectivity index (χ4n) is 4.22. The van der Waals surface area contributed by atoms with Gasteiger partial charge in [-0.05, 0) is 55.7 Å². The lowest BCUT2D eigenvalue weighted by molar-refractivity contribution is -0.121. The summed E-state index contributed by atoms with van der Waals surface area (Å²) in [4.78, 5) is 27.8. The van der Waals surface area contributed by atoms with Crippen molar-refractivity contribution in [3.63, 3.8) is 0 Å². The van der Waals surface area contributed by atoms with E-state index in [1.54, 1.807) is 17.0 Å². The fourth-order valence-corrected chi connectivity index (χ4v) is 4.22. The molecule has 1 atom stereocenters. The van der Waals surface area contributed by atoms with Crippen molar-refractivity contribution in [1.29, 1.82) is 0 Å². The minimum Gasteiger partial charge on any atom is -0.456 e. The van der Waals surface area contributed by atoms with Gasteiger partial charge in [-0.3, -0.25) is 9.59 Å². The third kappa shape index (κ3) is 3.32. The van der Waals surface area contributed by atoms with Gasteiger partial charge in [-0.15, -0.1) is 0 Å². The molecule has 1 aliphatic heterocycles. The van der Waals surface area contributed by atoms with E-state index in [9.17, 15) is 9.59 Å². The molecule has 0 bridgehead atoms. The molecule has 5 heteroatoms. The van der Waals surface area contributed by atoms with E-state index >= 15 is 0 Å². The third-order valence-corrected chi connectivity index (χ3v) is 5.73. The first-order chi connectivity index (χ1) is 14.7. The van der Waals surface area contributed by atoms with Crippen LogP contribution in [0.25, 0.3) is 21.9 Å². The first-order valence-corrected chi connectivity index (χ1v) is 10.3. The second-order valence-corrected chi connectivity index (χ2v) is 7.67. The summed E-state index contributed by atoms with van der Waals surface area (Å²) in [5.74, 6) is -0.238. The van der Waals surface area contributed by atoms with E-state index in [1.165, 1.54) is 0 Å². The summed E-state index contributed by atoms with van der Waals surface area (Å²) in [6, 6.07) is 22.2. The first kappa shape index (κ1) is 18.4. The SMILES string of the molecule is O=C(Nc1ccc2oc3ccccc3c2c1)[C@H]1CCCCN1C(=O)c1ccccc1. The molecule has 3 aromatic carbocycles. The van der Waals surface area contributed by atoms with Crippen molar-refractivity contribution in [2.45, 2.75) is 25.3 Å². The predicted molar refractivity (Wildman–Crippen MR) is 117 cm³/mol. The minimum absolute atomic E-state index is 0.0910. The molecule has 2 heterocycles. The maximum atomic E-state index is 13.1. The van der Waals surface area contributed by atoms with Crippen LogP contribution in [0.2, 0.25) is 0 Å². The highest BCUT2D eigenvalue weighted by atomic mass is 16.3. The molecule has 2 amide bonds. The van der Waals surface area contributed by atoms with Crippen LogP contribution >= 0.6 is 0 Å². The number of nitrogens with zero attached hydrogens (tertiary/aromatic N) is 1. The third-order valence-electron chi connectivity index (χ3n) is 5.73. The van der Waals surface area contributed by atoms with E-state index in [4.69, 9.17) is 4.42 Å². The van der Waals surface area contributed by atoms with Gasteiger partial charge in [0.15, 0.2) is 0 Å². The number of piperidine rings is 1. The number of hydrogen-bond acceptors (Lipinski definition) is 3. The largest absolute Gasteiger partial charge is 0.456 e. The molecule has 4 aromatic rings. The molecule has 1 aliphatic rings. The number of hydrogen-bond donors (Lipinski definition) is 1. The van der Waals surface area contributed by atoms with Crippen LogP contribution in [0.1, 0.15) is 29.6 Å². The molecule has 0 radical (unpaired) electrons. The molecular weight excluding hydrogens is 376 g/mol. The van der Waals surface area contributed by atoms with Crippen molar-refractivity contribution in [3.8, 4) is 0 Å². The monoisotopic (exact) mass is 398 g/mol. The van der Waals surface area contributed by atoms with E-state index in [0.717, 1.165) is 34.8 Å². The average Bonchev–Trinajstić information content (AvgIpc) is 3.17. The molecule has 1 saturated heterocycles. The van der Waals surface area contributed by atoms with Gasteiger partial charge in [-0.1, -0.05) is 36.4 Å². The van der Waals surface area contributed by atoms with Crippen molar-refractivity contribution < 1.29 is 14.0 Å². The Balaban J connectivity index is 1.40. The second-order valence-electron chi connectivity index (χ2n) is 7.67. The molecule has 1 aromatic heterocycles. The summed E-state index contributed by atoms with van der Waals surface area (Å²) in [5, 5.41) is 5.00. The van der Waals surface area contributed by atoms with Gasteiger partial charge in [-0.25, -0.2) is 0 Å². The van der Waals surface area contributed by atoms with Crippen LogP contribution < -0.4 is 5.32 Å². The minimum atomic E-state index is -0.469. The van der Waals surface area contributed by atoms with E-state index in [1.807, 2.05) is 60.7 Å². The van der Waals surface area contributed by atoms with E-state index in [2.05, 4.69) is 5.32 Å². The smallest absolute Gasteiger partial charge is 0.254 e. The predicted octanol–water partition coefficient (Wildman–Crippen LogP) is 5.22. The number of benzene rings is 3. The summed E-state index contributed by atoms with van der Waals surface area (Å²) in [6.07, 6.45) is 2.51. The van der Waals surface area contributed by atoms with Crippen molar-refractivity contribution in [2.75, 3.05) is 11.9 Å². The zero-order valence-electron chi connectivity index (χ0n) is 16.5. The van der Waals surface area contributed by atoms with Crippen LogP contribution in [0.5, 0.6) is 0 Å². The van der Waals surface area contributed by atoms with Gasteiger partial charge in [0.25, 0.3) is 5.91 Å². The zero-order valence-corrected chi connectivity index (χ0v) is 16.5. The number of furan rings is 1. The molecule has 0 spiro atoms. The Labute approximate surface area is 174 Å². The molecule has 0 unspecified atom stereocenters. The standard InChI is InChI=1S/C25H22N2O3/c28-24(21-11-6-7-15-27(21)25(29)17-8-2-1-3-9-17)26-18-13-14-23-20(16-18)19-10-4-5-12-22(19)30-23/h1-5,8-10,12-14,16,21H,6-7,11,15H2,(H,26,28)/t21-/m1/s1. The molecule has 30 heavy (non-hydrogen) atoms. The highest BCUT2D eigenvalue weighted by Crippen LogP contribution is 2.31. The quantitative estimate of drug-likeness (QED) is 0.515. The number of amides is 2. The van der Waals surface area contributed by atoms with E-state index in [-0.39, 0.29) is 11.8 Å². The number of para-hydroxylation sites is 1. The second kappa shape index (κ2) is 7.67. The number of nitrogens with one attached hydrogen (secondary N) is 1. The zero-order chi connectivity index (χ0) is 20.5. The lowest BCUT2D eigenvalue weighted by Gasteiger charge is -2.34. The Hall–Kier alpha value is -3.60. The summed E-state index contributed by atoms with van der Waals surface area (Å²) < 4.78 is 5.86. The van der Waals surface area contributed by atoms with Crippen LogP contribution in [0, 0.1) is 0 Å². The van der Waals surface area contributed by atoms with Gasteiger partial charge < -0.3 is 14.6 Å². The number of carbonyl (C=O) groups is 2. The Kier molecular flexibility index (Phi) is 4.71. The Morgan fingerprint density at radius 2 is 1.63 bits per heavy atom. The highest BCUT2D eigenvalue weighted by Gasteiger charge is 2.32. The van der Waals surface area contributed by atoms with E-state index in [0.29, 0.717) is 24.2 Å². The number of anilines is 1. The molecule has 5 rings (SSSR count). The summed E-state index contributed by atoms with van der Waals surface area (Å²) in [7, 11) is 0. The number of likely N-dealkylation sites (tertiary alicyclic amines) is 1. The van der Waals surface area contributed by atoms with Crippen LogP contribution in [0.4, 0.5) is 5.69 Å². The molecule has 0 aliphatic carbocycles. The fraction of sp³-hybridized carbons (Fsp3) is 0.200. The van der Waals surface area contributed by atoms with Crippen molar-refractivity contribution in [2.24, 2.45) is 0 Å². The molecule has 5 nitrogen and oxygen atoms in total. The van der Waals surface area contributed by atoms with Crippen LogP contribution in [-0.2, 0) is 4.79 Å². The van der Waals surface area contributed by atoms with Gasteiger partial charge in [0, 0.05) is 28.6 Å². The molecule has 1 fully saturated rings. The van der Waals surface area contributed by atoms with Crippen LogP contribution in [-0.4, -0.2) is 29.3 Å². The summed E-state index contributed by atoms with van der Waals surface area (Å²) in [5.41, 5.74) is 2.93. The average molecular weight is 398 g/mol. The molecule has 1 N–H and O–H groups in total. The molecule has 150 valence electrons. The van der Waals surface area contributed by atoms with Gasteiger partial charge >= 0.3 is 0 Å². The normalized spacial score (nSPS) is 16.7. The summed E-state index contributed by atoms with van der Waals surface area (Å²) in [6.45, 7) is 0.594. The lowest BCUT2D eigenvalue weighted by atomic mass is 9.99. The summed E-state index contributed by atoms with van der Waals surface area (Å²) >= 11 is 0. The van der Waals surface area contributed by atoms with Gasteiger partial charge in [0.2, 0.25) is 5.91 Å². The number of rotatable bonds is 3. The maximum absolute atomic E-state index is 13.1. The Morgan fingerprint density at radius 1 is 0.867 bits per heavy atom. The van der Waals surface area contributed by atoms with Gasteiger partial charge in [0.05, 0.1) is 0 Å². The van der Waals surface area contributed by atoms with Crippen molar-refractivity contribution >= 4 is 39.4 Å². The topological polar surface area (TPSA) is 62.6 Å². The maximum Gasteiger partial charge on any atom is 0.254 e. The Morgan fingerprint density at radius 3 is 2.50 bits per heavy atom. The van der Waals surface area contributed by atoms with Crippen molar-refractivity contribution in [3.05, 3.63) is 78.4 Å². The molecular formula is C25H22N2O3. The lowest BCUT2D eigenvalue weighted by Crippen LogP contribution is -2.50. The first-order valence-electron chi connectivity index (χ1n) is 10.3. The molecule has 0 saturated carbocycles. The van der Waals surface area contributed by atoms with Crippen LogP contribution in [0.15, 0.2) is 77.2 Å².